The number of anilines is 1. The molecule has 12 nitrogen and oxygen atoms in total. The fraction of sp³-hybridized carbons (Fsp3) is 0.407. The molecule has 0 saturated carbocycles. The number of aromatic nitrogens is 5. The van der Waals surface area contributed by atoms with Gasteiger partial charge in [-0.2, -0.15) is 13.2 Å². The van der Waals surface area contributed by atoms with Gasteiger partial charge in [-0.05, 0) is 19.1 Å². The lowest BCUT2D eigenvalue weighted by molar-refractivity contribution is -0.141. The molecular weight excluding hydrogens is 587 g/mol. The molecule has 228 valence electrons. The minimum absolute atomic E-state index is 0.00512. The van der Waals surface area contributed by atoms with Crippen LogP contribution in [0, 0.1) is 6.92 Å². The minimum atomic E-state index is -4.66. The van der Waals surface area contributed by atoms with E-state index in [1.165, 1.54) is 12.3 Å². The molecule has 0 bridgehead atoms. The standard InChI is InChI=1S/C27H30F3N9O3S/c1-3-33-26(40)35-22-11-19(20(14-34-22)17-10-18(13-32-12-17)24-38-37-16(2)42-24)25-36-23(27(28,29)30)21(43-25)15-31-4-5-39-6-8-41-9-7-39/h10-14,31H,3-9,15H2,1-2H3,(H2,33,34,35,40). The van der Waals surface area contributed by atoms with E-state index >= 15 is 0 Å². The van der Waals surface area contributed by atoms with E-state index in [0.717, 1.165) is 24.4 Å². The number of rotatable bonds is 10. The molecule has 5 heterocycles. The van der Waals surface area contributed by atoms with E-state index in [-0.39, 0.29) is 28.1 Å². The first-order valence-electron chi connectivity index (χ1n) is 13.6. The molecule has 0 aliphatic carbocycles. The number of thiazole rings is 1. The highest BCUT2D eigenvalue weighted by atomic mass is 32.1. The number of urea groups is 1. The number of aryl methyl sites for hydroxylation is 1. The summed E-state index contributed by atoms with van der Waals surface area (Å²) in [5.41, 5.74) is 0.905. The van der Waals surface area contributed by atoms with Crippen LogP contribution in [0.4, 0.5) is 23.8 Å². The summed E-state index contributed by atoms with van der Waals surface area (Å²) in [4.78, 5) is 27.1. The van der Waals surface area contributed by atoms with Gasteiger partial charge in [0.15, 0.2) is 5.69 Å². The van der Waals surface area contributed by atoms with Crippen molar-refractivity contribution in [3.05, 3.63) is 47.2 Å². The summed E-state index contributed by atoms with van der Waals surface area (Å²) in [6.45, 7) is 7.89. The van der Waals surface area contributed by atoms with Crippen LogP contribution in [0.25, 0.3) is 33.2 Å². The number of hydrogen-bond acceptors (Lipinski definition) is 11. The van der Waals surface area contributed by atoms with Gasteiger partial charge in [0, 0.05) is 81.5 Å². The van der Waals surface area contributed by atoms with E-state index in [1.807, 2.05) is 0 Å². The quantitative estimate of drug-likeness (QED) is 0.222. The predicted molar refractivity (Wildman–Crippen MR) is 153 cm³/mol. The summed E-state index contributed by atoms with van der Waals surface area (Å²) in [6.07, 6.45) is -0.106. The van der Waals surface area contributed by atoms with Crippen LogP contribution in [0.3, 0.4) is 0 Å². The Balaban J connectivity index is 1.49. The van der Waals surface area contributed by atoms with Gasteiger partial charge in [0.25, 0.3) is 0 Å². The van der Waals surface area contributed by atoms with Crippen LogP contribution < -0.4 is 16.0 Å². The molecule has 3 N–H and O–H groups in total. The lowest BCUT2D eigenvalue weighted by atomic mass is 10.0. The number of morpholine rings is 1. The fourth-order valence-corrected chi connectivity index (χ4v) is 5.52. The van der Waals surface area contributed by atoms with Gasteiger partial charge < -0.3 is 19.8 Å². The third-order valence-electron chi connectivity index (χ3n) is 6.50. The molecule has 4 aromatic rings. The molecule has 4 aromatic heterocycles. The van der Waals surface area contributed by atoms with Gasteiger partial charge in [-0.25, -0.2) is 14.8 Å². The molecule has 1 saturated heterocycles. The van der Waals surface area contributed by atoms with Crippen molar-refractivity contribution in [2.75, 3.05) is 51.3 Å². The highest BCUT2D eigenvalue weighted by molar-refractivity contribution is 7.15. The maximum absolute atomic E-state index is 14.2. The summed E-state index contributed by atoms with van der Waals surface area (Å²) in [6, 6.07) is 2.73. The third-order valence-corrected chi connectivity index (χ3v) is 7.58. The number of nitrogens with one attached hydrogen (secondary N) is 3. The van der Waals surface area contributed by atoms with Gasteiger partial charge in [-0.1, -0.05) is 0 Å². The van der Waals surface area contributed by atoms with Crippen molar-refractivity contribution in [2.45, 2.75) is 26.6 Å². The van der Waals surface area contributed by atoms with Gasteiger partial charge >= 0.3 is 12.2 Å². The van der Waals surface area contributed by atoms with E-state index in [2.05, 4.69) is 46.0 Å². The largest absolute Gasteiger partial charge is 0.434 e. The summed E-state index contributed by atoms with van der Waals surface area (Å²) in [5, 5.41) is 16.3. The zero-order chi connectivity index (χ0) is 30.4. The lowest BCUT2D eigenvalue weighted by Gasteiger charge is -2.26. The molecule has 16 heteroatoms. The molecule has 0 spiro atoms. The van der Waals surface area contributed by atoms with Gasteiger partial charge in [0.1, 0.15) is 10.8 Å². The van der Waals surface area contributed by atoms with Gasteiger partial charge in [-0.3, -0.25) is 15.2 Å². The normalized spacial score (nSPS) is 14.2. The second-order valence-corrected chi connectivity index (χ2v) is 10.7. The van der Waals surface area contributed by atoms with Crippen molar-refractivity contribution in [3.63, 3.8) is 0 Å². The average molecular weight is 618 g/mol. The number of amides is 2. The topological polar surface area (TPSA) is 143 Å². The van der Waals surface area contributed by atoms with Crippen molar-refractivity contribution in [2.24, 2.45) is 0 Å². The van der Waals surface area contributed by atoms with Gasteiger partial charge in [0.05, 0.1) is 23.7 Å². The number of alkyl halides is 3. The Hall–Kier alpha value is -3.99. The van der Waals surface area contributed by atoms with Crippen LogP contribution in [-0.4, -0.2) is 82.0 Å². The van der Waals surface area contributed by atoms with Gasteiger partial charge in [-0.15, -0.1) is 21.5 Å². The van der Waals surface area contributed by atoms with Crippen molar-refractivity contribution in [3.8, 4) is 33.2 Å². The van der Waals surface area contributed by atoms with Crippen LogP contribution in [0.15, 0.2) is 35.1 Å². The van der Waals surface area contributed by atoms with E-state index in [1.54, 1.807) is 32.3 Å². The number of ether oxygens (including phenoxy) is 1. The zero-order valence-corrected chi connectivity index (χ0v) is 24.3. The first kappa shape index (κ1) is 30.5. The minimum Gasteiger partial charge on any atom is -0.421 e. The summed E-state index contributed by atoms with van der Waals surface area (Å²) < 4.78 is 53.4. The zero-order valence-electron chi connectivity index (χ0n) is 23.5. The van der Waals surface area contributed by atoms with Crippen LogP contribution >= 0.6 is 11.3 Å². The Kier molecular flexibility index (Phi) is 9.59. The maximum atomic E-state index is 14.2. The SMILES string of the molecule is CCNC(=O)Nc1cc(-c2nc(C(F)(F)F)c(CNCCN3CCOCC3)s2)c(-c2cncc(-c3nnc(C)o3)c2)cn1. The number of pyridine rings is 2. The number of carbonyl (C=O) groups excluding carboxylic acids is 1. The highest BCUT2D eigenvalue weighted by Gasteiger charge is 2.37. The van der Waals surface area contributed by atoms with Crippen molar-refractivity contribution < 1.29 is 27.1 Å². The molecule has 0 atom stereocenters. The molecule has 1 aliphatic heterocycles. The first-order valence-corrected chi connectivity index (χ1v) is 14.4. The molecule has 0 unspecified atom stereocenters. The Morgan fingerprint density at radius 1 is 1.09 bits per heavy atom. The Morgan fingerprint density at radius 3 is 2.60 bits per heavy atom. The van der Waals surface area contributed by atoms with Crippen molar-refractivity contribution >= 4 is 23.2 Å². The lowest BCUT2D eigenvalue weighted by Crippen LogP contribution is -2.40. The predicted octanol–water partition coefficient (Wildman–Crippen LogP) is 4.21. The Bertz CT molecular complexity index is 1550. The highest BCUT2D eigenvalue weighted by Crippen LogP contribution is 2.41. The fourth-order valence-electron chi connectivity index (χ4n) is 4.44. The number of halogens is 3. The van der Waals surface area contributed by atoms with Crippen LogP contribution in [0.2, 0.25) is 0 Å². The average Bonchev–Trinajstić information content (AvgIpc) is 3.63. The maximum Gasteiger partial charge on any atom is 0.434 e. The molecule has 1 aliphatic rings. The molecule has 0 radical (unpaired) electrons. The smallest absolute Gasteiger partial charge is 0.421 e. The molecule has 0 aromatic carbocycles. The molecule has 1 fully saturated rings. The number of hydrogen-bond donors (Lipinski definition) is 3. The third kappa shape index (κ3) is 7.70. The van der Waals surface area contributed by atoms with Crippen LogP contribution in [-0.2, 0) is 17.5 Å². The molecule has 43 heavy (non-hydrogen) atoms. The molecular formula is C27H30F3N9O3S. The second-order valence-electron chi connectivity index (χ2n) is 9.61. The van der Waals surface area contributed by atoms with Crippen molar-refractivity contribution in [1.82, 2.24) is 40.7 Å². The van der Waals surface area contributed by atoms with Gasteiger partial charge in [0.2, 0.25) is 11.8 Å². The summed E-state index contributed by atoms with van der Waals surface area (Å²) >= 11 is 0.931. The van der Waals surface area contributed by atoms with E-state index in [9.17, 15) is 18.0 Å². The van der Waals surface area contributed by atoms with E-state index in [0.29, 0.717) is 61.0 Å². The van der Waals surface area contributed by atoms with E-state index < -0.39 is 17.9 Å². The monoisotopic (exact) mass is 617 g/mol. The number of nitrogens with zero attached hydrogens (tertiary/aromatic N) is 6. The Labute approximate surface area is 249 Å². The van der Waals surface area contributed by atoms with Crippen LogP contribution in [0.1, 0.15) is 23.4 Å². The summed E-state index contributed by atoms with van der Waals surface area (Å²) in [5.74, 6) is 0.766. The second kappa shape index (κ2) is 13.5. The van der Waals surface area contributed by atoms with E-state index in [4.69, 9.17) is 9.15 Å². The van der Waals surface area contributed by atoms with Crippen LogP contribution in [0.5, 0.6) is 0 Å². The molecule has 5 rings (SSSR count). The first-order chi connectivity index (χ1) is 20.7. The van der Waals surface area contributed by atoms with Crippen molar-refractivity contribution in [1.29, 1.82) is 0 Å². The molecule has 2 amide bonds. The summed E-state index contributed by atoms with van der Waals surface area (Å²) in [7, 11) is 0. The Morgan fingerprint density at radius 2 is 1.88 bits per heavy atom. The number of carbonyl (C=O) groups is 1.